The average molecular weight is 376 g/mol. The highest BCUT2D eigenvalue weighted by atomic mass is 35.5. The molecule has 6 heteroatoms. The van der Waals surface area contributed by atoms with Crippen LogP contribution in [0.4, 0.5) is 5.69 Å². The van der Waals surface area contributed by atoms with Crippen molar-refractivity contribution in [2.24, 2.45) is 5.73 Å². The van der Waals surface area contributed by atoms with Crippen LogP contribution < -0.4 is 11.1 Å². The van der Waals surface area contributed by atoms with E-state index in [9.17, 15) is 14.9 Å². The number of anilines is 1. The maximum absolute atomic E-state index is 12.9. The van der Waals surface area contributed by atoms with Gasteiger partial charge in [-0.15, -0.1) is 0 Å². The Morgan fingerprint density at radius 3 is 2.33 bits per heavy atom. The van der Waals surface area contributed by atoms with E-state index < -0.39 is 11.8 Å². The molecule has 3 aromatic carbocycles. The molecule has 0 heterocycles. The predicted octanol–water partition coefficient (Wildman–Crippen LogP) is 4.23. The van der Waals surface area contributed by atoms with Crippen molar-refractivity contribution in [2.45, 2.75) is 0 Å². The number of rotatable bonds is 4. The molecule has 0 radical (unpaired) electrons. The summed E-state index contributed by atoms with van der Waals surface area (Å²) in [4.78, 5) is 24.2. The maximum Gasteiger partial charge on any atom is 0.256 e. The van der Waals surface area contributed by atoms with Crippen LogP contribution in [0.1, 0.15) is 26.3 Å². The number of carbonyl (C=O) groups excluding carboxylic acids is 2. The molecule has 2 amide bonds. The van der Waals surface area contributed by atoms with Gasteiger partial charge in [-0.25, -0.2) is 0 Å². The number of nitrogens with two attached hydrogens (primary N) is 1. The van der Waals surface area contributed by atoms with Gasteiger partial charge < -0.3 is 11.1 Å². The monoisotopic (exact) mass is 375 g/mol. The van der Waals surface area contributed by atoms with Gasteiger partial charge in [-0.3, -0.25) is 9.59 Å². The van der Waals surface area contributed by atoms with Crippen molar-refractivity contribution in [3.05, 3.63) is 88.4 Å². The van der Waals surface area contributed by atoms with Gasteiger partial charge in [0.25, 0.3) is 5.91 Å². The fourth-order valence-electron chi connectivity index (χ4n) is 2.70. The summed E-state index contributed by atoms with van der Waals surface area (Å²) >= 11 is 6.13. The molecule has 0 aliphatic rings. The van der Waals surface area contributed by atoms with Crippen molar-refractivity contribution in [3.63, 3.8) is 0 Å². The van der Waals surface area contributed by atoms with Crippen molar-refractivity contribution < 1.29 is 9.59 Å². The minimum atomic E-state index is -0.620. The van der Waals surface area contributed by atoms with Crippen molar-refractivity contribution in [1.82, 2.24) is 0 Å². The number of nitrogens with zero attached hydrogens (tertiary/aromatic N) is 1. The number of halogens is 1. The van der Waals surface area contributed by atoms with Gasteiger partial charge in [-0.2, -0.15) is 5.26 Å². The van der Waals surface area contributed by atoms with E-state index in [1.165, 1.54) is 18.2 Å². The van der Waals surface area contributed by atoms with E-state index in [0.29, 0.717) is 22.3 Å². The van der Waals surface area contributed by atoms with Crippen molar-refractivity contribution >= 4 is 29.1 Å². The van der Waals surface area contributed by atoms with Gasteiger partial charge in [0.15, 0.2) is 0 Å². The zero-order valence-corrected chi connectivity index (χ0v) is 14.8. The molecule has 0 saturated heterocycles. The number of carbonyl (C=O) groups is 2. The molecule has 0 saturated carbocycles. The second kappa shape index (κ2) is 7.73. The van der Waals surface area contributed by atoms with Gasteiger partial charge in [-0.05, 0) is 35.9 Å². The molecule has 0 aliphatic heterocycles. The SMILES string of the molecule is N#Cc1ccccc1-c1ccccc1C(=O)Nc1cc(C(N)=O)ccc1Cl. The summed E-state index contributed by atoms with van der Waals surface area (Å²) in [5.41, 5.74) is 7.91. The summed E-state index contributed by atoms with van der Waals surface area (Å²) < 4.78 is 0. The molecule has 0 aromatic heterocycles. The molecule has 0 aliphatic carbocycles. The van der Waals surface area contributed by atoms with Gasteiger partial charge in [0.05, 0.1) is 22.3 Å². The number of amides is 2. The largest absolute Gasteiger partial charge is 0.366 e. The summed E-state index contributed by atoms with van der Waals surface area (Å²) in [6.07, 6.45) is 0. The molecule has 0 spiro atoms. The predicted molar refractivity (Wildman–Crippen MR) is 105 cm³/mol. The van der Waals surface area contributed by atoms with Crippen LogP contribution in [-0.4, -0.2) is 11.8 Å². The van der Waals surface area contributed by atoms with E-state index in [-0.39, 0.29) is 16.3 Å². The zero-order valence-electron chi connectivity index (χ0n) is 14.1. The van der Waals surface area contributed by atoms with E-state index in [4.69, 9.17) is 17.3 Å². The standard InChI is InChI=1S/C21H14ClN3O2/c22-18-10-9-13(20(24)26)11-19(18)25-21(27)17-8-4-3-7-16(17)15-6-2-1-5-14(15)12-23/h1-11H,(H2,24,26)(H,25,27). The first-order valence-corrected chi connectivity index (χ1v) is 8.38. The van der Waals surface area contributed by atoms with Gasteiger partial charge in [-0.1, -0.05) is 48.0 Å². The van der Waals surface area contributed by atoms with Crippen LogP contribution in [0.15, 0.2) is 66.7 Å². The van der Waals surface area contributed by atoms with E-state index in [1.807, 2.05) is 0 Å². The van der Waals surface area contributed by atoms with Crippen molar-refractivity contribution in [1.29, 1.82) is 5.26 Å². The van der Waals surface area contributed by atoms with Crippen LogP contribution in [0, 0.1) is 11.3 Å². The minimum absolute atomic E-state index is 0.234. The number of primary amides is 1. The molecule has 3 rings (SSSR count). The molecule has 0 bridgehead atoms. The Morgan fingerprint density at radius 2 is 1.63 bits per heavy atom. The van der Waals surface area contributed by atoms with Gasteiger partial charge in [0.1, 0.15) is 0 Å². The summed E-state index contributed by atoms with van der Waals surface area (Å²) in [5, 5.41) is 12.3. The Labute approximate surface area is 161 Å². The fraction of sp³-hybridized carbons (Fsp3) is 0. The summed E-state index contributed by atoms with van der Waals surface area (Å²) in [5.74, 6) is -1.03. The Morgan fingerprint density at radius 1 is 0.963 bits per heavy atom. The normalized spacial score (nSPS) is 10.1. The van der Waals surface area contributed by atoms with Crippen LogP contribution in [0.2, 0.25) is 5.02 Å². The third-order valence-electron chi connectivity index (χ3n) is 4.01. The molecule has 3 N–H and O–H groups in total. The maximum atomic E-state index is 12.9. The molecule has 132 valence electrons. The smallest absolute Gasteiger partial charge is 0.256 e. The first-order valence-electron chi connectivity index (χ1n) is 8.00. The molecule has 0 unspecified atom stereocenters. The second-order valence-corrected chi connectivity index (χ2v) is 6.12. The Bertz CT molecular complexity index is 1090. The molecule has 27 heavy (non-hydrogen) atoms. The third-order valence-corrected chi connectivity index (χ3v) is 4.34. The highest BCUT2D eigenvalue weighted by molar-refractivity contribution is 6.34. The lowest BCUT2D eigenvalue weighted by molar-refractivity contribution is 0.0996. The summed E-state index contributed by atoms with van der Waals surface area (Å²) in [6.45, 7) is 0. The average Bonchev–Trinajstić information content (AvgIpc) is 2.69. The van der Waals surface area contributed by atoms with E-state index in [0.717, 1.165) is 0 Å². The fourth-order valence-corrected chi connectivity index (χ4v) is 2.86. The molecular weight excluding hydrogens is 362 g/mol. The van der Waals surface area contributed by atoms with Crippen molar-refractivity contribution in [3.8, 4) is 17.2 Å². The molecule has 0 fully saturated rings. The van der Waals surface area contributed by atoms with Crippen LogP contribution in [0.3, 0.4) is 0 Å². The van der Waals surface area contributed by atoms with Crippen LogP contribution >= 0.6 is 11.6 Å². The molecule has 0 atom stereocenters. The van der Waals surface area contributed by atoms with Crippen molar-refractivity contribution in [2.75, 3.05) is 5.32 Å². The Hall–Kier alpha value is -3.62. The molecule has 3 aromatic rings. The van der Waals surface area contributed by atoms with Crippen LogP contribution in [-0.2, 0) is 0 Å². The van der Waals surface area contributed by atoms with E-state index in [2.05, 4.69) is 11.4 Å². The first kappa shape index (κ1) is 18.2. The summed E-state index contributed by atoms with van der Waals surface area (Å²) in [7, 11) is 0. The molecular formula is C21H14ClN3O2. The lowest BCUT2D eigenvalue weighted by atomic mass is 9.95. The van der Waals surface area contributed by atoms with Gasteiger partial charge >= 0.3 is 0 Å². The van der Waals surface area contributed by atoms with Gasteiger partial charge in [0.2, 0.25) is 5.91 Å². The van der Waals surface area contributed by atoms with E-state index >= 15 is 0 Å². The number of hydrogen-bond acceptors (Lipinski definition) is 3. The summed E-state index contributed by atoms with van der Waals surface area (Å²) in [6, 6.07) is 20.5. The van der Waals surface area contributed by atoms with Crippen LogP contribution in [0.25, 0.3) is 11.1 Å². The number of nitriles is 1. The Kier molecular flexibility index (Phi) is 5.20. The van der Waals surface area contributed by atoms with Crippen LogP contribution in [0.5, 0.6) is 0 Å². The number of hydrogen-bond donors (Lipinski definition) is 2. The first-order chi connectivity index (χ1) is 13.0. The third kappa shape index (κ3) is 3.81. The number of benzene rings is 3. The quantitative estimate of drug-likeness (QED) is 0.714. The second-order valence-electron chi connectivity index (χ2n) is 5.72. The lowest BCUT2D eigenvalue weighted by Gasteiger charge is -2.13. The topological polar surface area (TPSA) is 96.0 Å². The van der Waals surface area contributed by atoms with Gasteiger partial charge in [0, 0.05) is 16.7 Å². The minimum Gasteiger partial charge on any atom is -0.366 e. The molecule has 5 nitrogen and oxygen atoms in total. The van der Waals surface area contributed by atoms with E-state index in [1.54, 1.807) is 48.5 Å². The number of nitrogens with one attached hydrogen (secondary N) is 1. The lowest BCUT2D eigenvalue weighted by Crippen LogP contribution is -2.15. The zero-order chi connectivity index (χ0) is 19.4. The highest BCUT2D eigenvalue weighted by Crippen LogP contribution is 2.29. The Balaban J connectivity index is 2.02. The highest BCUT2D eigenvalue weighted by Gasteiger charge is 2.16.